The van der Waals surface area contributed by atoms with E-state index in [9.17, 15) is 9.59 Å². The lowest BCUT2D eigenvalue weighted by Gasteiger charge is -2.45. The summed E-state index contributed by atoms with van der Waals surface area (Å²) >= 11 is 1.42. The van der Waals surface area contributed by atoms with Crippen molar-refractivity contribution in [3.05, 3.63) is 40.6 Å². The minimum Gasteiger partial charge on any atom is -0.310 e. The molecule has 7 nitrogen and oxygen atoms in total. The highest BCUT2D eigenvalue weighted by Crippen LogP contribution is 2.35. The number of carbonyl (C=O) groups is 1. The van der Waals surface area contributed by atoms with Crippen molar-refractivity contribution in [1.82, 2.24) is 20.3 Å². The first-order chi connectivity index (χ1) is 14.0. The van der Waals surface area contributed by atoms with E-state index in [1.807, 2.05) is 12.1 Å². The van der Waals surface area contributed by atoms with Gasteiger partial charge in [0.1, 0.15) is 5.82 Å². The van der Waals surface area contributed by atoms with Crippen LogP contribution in [0.2, 0.25) is 0 Å². The van der Waals surface area contributed by atoms with Crippen molar-refractivity contribution in [3.8, 4) is 10.4 Å². The van der Waals surface area contributed by atoms with Gasteiger partial charge in [0.25, 0.3) is 5.56 Å². The van der Waals surface area contributed by atoms with Gasteiger partial charge in [0.2, 0.25) is 5.91 Å². The lowest BCUT2D eigenvalue weighted by atomic mass is 9.75. The van der Waals surface area contributed by atoms with Crippen LogP contribution in [0, 0.1) is 12.8 Å². The Labute approximate surface area is 179 Å². The summed E-state index contributed by atoms with van der Waals surface area (Å²) in [7, 11) is 0. The van der Waals surface area contributed by atoms with E-state index in [1.165, 1.54) is 11.3 Å². The summed E-state index contributed by atoms with van der Waals surface area (Å²) in [6, 6.07) is 5.53. The largest absolute Gasteiger partial charge is 0.310 e. The van der Waals surface area contributed by atoms with Crippen LogP contribution in [0.4, 0.5) is 5.13 Å². The predicted octanol–water partition coefficient (Wildman–Crippen LogP) is 3.85. The van der Waals surface area contributed by atoms with Crippen molar-refractivity contribution in [3.63, 3.8) is 0 Å². The van der Waals surface area contributed by atoms with Gasteiger partial charge in [-0.3, -0.25) is 9.59 Å². The van der Waals surface area contributed by atoms with E-state index in [0.717, 1.165) is 23.3 Å². The highest BCUT2D eigenvalue weighted by molar-refractivity contribution is 7.19. The molecule has 0 aliphatic carbocycles. The van der Waals surface area contributed by atoms with Crippen LogP contribution in [0.3, 0.4) is 0 Å². The number of nitrogens with zero attached hydrogens (tertiary/aromatic N) is 2. The molecule has 0 spiro atoms. The summed E-state index contributed by atoms with van der Waals surface area (Å²) in [6.07, 6.45) is 3.31. The first-order valence-corrected chi connectivity index (χ1v) is 10.9. The molecule has 1 fully saturated rings. The second-order valence-electron chi connectivity index (χ2n) is 9.40. The zero-order valence-electron chi connectivity index (χ0n) is 17.9. The van der Waals surface area contributed by atoms with Gasteiger partial charge in [-0.2, -0.15) is 0 Å². The number of aryl methyl sites for hydroxylation is 1. The lowest BCUT2D eigenvalue weighted by molar-refractivity contribution is -0.122. The second-order valence-corrected chi connectivity index (χ2v) is 10.4. The van der Waals surface area contributed by atoms with Crippen molar-refractivity contribution >= 4 is 33.3 Å². The highest BCUT2D eigenvalue weighted by Gasteiger charge is 2.40. The normalized spacial score (nSPS) is 18.4. The average Bonchev–Trinajstić information content (AvgIpc) is 3.07. The molecule has 3 N–H and O–H groups in total. The summed E-state index contributed by atoms with van der Waals surface area (Å²) in [5.74, 6) is 0.527. The first-order valence-electron chi connectivity index (χ1n) is 10.1. The summed E-state index contributed by atoms with van der Waals surface area (Å²) in [6.45, 7) is 10.3. The molecular formula is C22H27N5O2S. The topological polar surface area (TPSA) is 99.8 Å². The number of aromatic nitrogens is 3. The van der Waals surface area contributed by atoms with Crippen molar-refractivity contribution in [2.24, 2.45) is 5.92 Å². The molecule has 8 heteroatoms. The summed E-state index contributed by atoms with van der Waals surface area (Å²) in [5.41, 5.74) is 1.24. The quantitative estimate of drug-likeness (QED) is 0.592. The lowest BCUT2D eigenvalue weighted by Crippen LogP contribution is -2.59. The third kappa shape index (κ3) is 4.29. The van der Waals surface area contributed by atoms with Crippen molar-refractivity contribution in [2.45, 2.75) is 58.5 Å². The average molecular weight is 426 g/mol. The van der Waals surface area contributed by atoms with Crippen LogP contribution >= 0.6 is 11.3 Å². The van der Waals surface area contributed by atoms with E-state index in [1.54, 1.807) is 19.2 Å². The summed E-state index contributed by atoms with van der Waals surface area (Å²) in [5, 5.41) is 7.75. The molecule has 1 aliphatic heterocycles. The fraction of sp³-hybridized carbons (Fsp3) is 0.455. The van der Waals surface area contributed by atoms with Crippen molar-refractivity contribution < 1.29 is 4.79 Å². The predicted molar refractivity (Wildman–Crippen MR) is 121 cm³/mol. The van der Waals surface area contributed by atoms with E-state index < -0.39 is 0 Å². The van der Waals surface area contributed by atoms with Crippen molar-refractivity contribution in [2.75, 3.05) is 5.32 Å². The molecule has 0 radical (unpaired) electrons. The van der Waals surface area contributed by atoms with Gasteiger partial charge in [-0.25, -0.2) is 9.97 Å². The molecule has 3 aromatic rings. The number of H-pyrrole nitrogens is 1. The molecule has 158 valence electrons. The third-order valence-electron chi connectivity index (χ3n) is 5.41. The molecule has 0 saturated carbocycles. The molecule has 0 unspecified atom stereocenters. The molecule has 30 heavy (non-hydrogen) atoms. The first kappa shape index (κ1) is 20.7. The molecule has 3 heterocycles. The maximum Gasteiger partial charge on any atom is 0.258 e. The number of aromatic amines is 1. The van der Waals surface area contributed by atoms with Gasteiger partial charge in [-0.05, 0) is 65.2 Å². The molecule has 0 bridgehead atoms. The smallest absolute Gasteiger partial charge is 0.258 e. The van der Waals surface area contributed by atoms with E-state index >= 15 is 0 Å². The van der Waals surface area contributed by atoms with Gasteiger partial charge in [-0.15, -0.1) is 0 Å². The molecule has 0 atom stereocenters. The molecule has 1 saturated heterocycles. The molecule has 1 amide bonds. The Morgan fingerprint density at radius 1 is 1.20 bits per heavy atom. The Bertz CT molecular complexity index is 1160. The van der Waals surface area contributed by atoms with E-state index in [0.29, 0.717) is 21.9 Å². The minimum atomic E-state index is -0.144. The Hall–Kier alpha value is -2.58. The van der Waals surface area contributed by atoms with Crippen LogP contribution in [0.15, 0.2) is 29.2 Å². The molecular weight excluding hydrogens is 398 g/mol. The molecule has 1 aromatic carbocycles. The highest BCUT2D eigenvalue weighted by atomic mass is 32.1. The zero-order chi connectivity index (χ0) is 21.7. The van der Waals surface area contributed by atoms with E-state index in [2.05, 4.69) is 53.3 Å². The van der Waals surface area contributed by atoms with Crippen LogP contribution in [0.5, 0.6) is 0 Å². The van der Waals surface area contributed by atoms with Crippen molar-refractivity contribution in [1.29, 1.82) is 0 Å². The van der Waals surface area contributed by atoms with Crippen LogP contribution in [0.1, 0.15) is 46.4 Å². The Kier molecular flexibility index (Phi) is 5.02. The van der Waals surface area contributed by atoms with Gasteiger partial charge >= 0.3 is 0 Å². The number of benzene rings is 1. The number of hydrogen-bond acceptors (Lipinski definition) is 6. The van der Waals surface area contributed by atoms with Gasteiger partial charge in [0.15, 0.2) is 5.13 Å². The Morgan fingerprint density at radius 3 is 2.60 bits per heavy atom. The van der Waals surface area contributed by atoms with Crippen LogP contribution in [0.25, 0.3) is 21.3 Å². The SMILES string of the molecule is Cc1nc2cc(-c3cnc(NC(=O)C4CC(C)(C)NC(C)(C)C4)s3)ccc2c(=O)[nH]1. The summed E-state index contributed by atoms with van der Waals surface area (Å²) < 4.78 is 0. The maximum atomic E-state index is 12.9. The fourth-order valence-corrected chi connectivity index (χ4v) is 5.41. The number of amides is 1. The standard InChI is InChI=1S/C22H27N5O2S/c1-12-24-16-8-13(6-7-15(16)19(29)25-12)17-11-23-20(30-17)26-18(28)14-9-21(2,3)27-22(4,5)10-14/h6-8,11,14,27H,9-10H2,1-5H3,(H,23,26,28)(H,24,25,29). The van der Waals surface area contributed by atoms with Crippen LogP contribution in [-0.4, -0.2) is 31.9 Å². The number of rotatable bonds is 3. The van der Waals surface area contributed by atoms with Crippen LogP contribution < -0.4 is 16.2 Å². The Morgan fingerprint density at radius 2 is 1.90 bits per heavy atom. The number of carbonyl (C=O) groups excluding carboxylic acids is 1. The molecule has 2 aromatic heterocycles. The number of nitrogens with one attached hydrogen (secondary N) is 3. The van der Waals surface area contributed by atoms with Crippen LogP contribution in [-0.2, 0) is 4.79 Å². The number of anilines is 1. The number of hydrogen-bond donors (Lipinski definition) is 3. The van der Waals surface area contributed by atoms with Gasteiger partial charge in [0.05, 0.1) is 15.8 Å². The number of thiazole rings is 1. The number of fused-ring (bicyclic) bond motifs is 1. The summed E-state index contributed by atoms with van der Waals surface area (Å²) in [4.78, 5) is 37.4. The Balaban J connectivity index is 1.54. The maximum absolute atomic E-state index is 12.9. The molecule has 4 rings (SSSR count). The zero-order valence-corrected chi connectivity index (χ0v) is 18.7. The van der Waals surface area contributed by atoms with Gasteiger partial charge < -0.3 is 15.6 Å². The van der Waals surface area contributed by atoms with Gasteiger partial charge in [0, 0.05) is 23.2 Å². The van der Waals surface area contributed by atoms with E-state index in [4.69, 9.17) is 0 Å². The van der Waals surface area contributed by atoms with Gasteiger partial charge in [-0.1, -0.05) is 17.4 Å². The third-order valence-corrected chi connectivity index (χ3v) is 6.37. The van der Waals surface area contributed by atoms with E-state index in [-0.39, 0.29) is 28.5 Å². The molecule has 1 aliphatic rings. The fourth-order valence-electron chi connectivity index (χ4n) is 4.59. The monoisotopic (exact) mass is 425 g/mol. The second kappa shape index (κ2) is 7.28. The number of piperidine rings is 1. The minimum absolute atomic E-state index is 0.0147.